The van der Waals surface area contributed by atoms with Crippen molar-refractivity contribution in [2.75, 3.05) is 11.9 Å². The maximum atomic E-state index is 12.6. The molecule has 2 heterocycles. The van der Waals surface area contributed by atoms with Gasteiger partial charge in [-0.2, -0.15) is 13.2 Å². The first-order valence-corrected chi connectivity index (χ1v) is 6.91. The van der Waals surface area contributed by atoms with Crippen LogP contribution in [0.5, 0.6) is 0 Å². The van der Waals surface area contributed by atoms with Gasteiger partial charge in [-0.3, -0.25) is 9.78 Å². The molecule has 0 saturated heterocycles. The standard InChI is InChI=1S/C15H13F3N4O/c16-15(17,18)12-7-13(23)22-14(21-12)19-6-5-9-8-20-11-4-2-1-3-10(9)11/h1-4,7-8,20H,5-6H2,(H2,19,21,22,23). The van der Waals surface area contributed by atoms with Crippen LogP contribution in [-0.2, 0) is 12.6 Å². The lowest BCUT2D eigenvalue weighted by Crippen LogP contribution is -2.19. The molecule has 8 heteroatoms. The van der Waals surface area contributed by atoms with Crippen molar-refractivity contribution in [2.45, 2.75) is 12.6 Å². The predicted octanol–water partition coefficient (Wildman–Crippen LogP) is 2.92. The summed E-state index contributed by atoms with van der Waals surface area (Å²) in [7, 11) is 0. The summed E-state index contributed by atoms with van der Waals surface area (Å²) in [4.78, 5) is 20.0. The Morgan fingerprint density at radius 2 is 2.00 bits per heavy atom. The van der Waals surface area contributed by atoms with E-state index in [1.54, 1.807) is 0 Å². The van der Waals surface area contributed by atoms with Crippen molar-refractivity contribution in [1.29, 1.82) is 0 Å². The molecule has 0 atom stereocenters. The van der Waals surface area contributed by atoms with Crippen molar-refractivity contribution in [2.24, 2.45) is 0 Å². The average molecular weight is 322 g/mol. The molecule has 1 aromatic carbocycles. The fraction of sp³-hybridized carbons (Fsp3) is 0.200. The van der Waals surface area contributed by atoms with Gasteiger partial charge in [0, 0.05) is 29.7 Å². The Balaban J connectivity index is 1.71. The van der Waals surface area contributed by atoms with Crippen molar-refractivity contribution >= 4 is 16.9 Å². The van der Waals surface area contributed by atoms with Crippen LogP contribution in [0.15, 0.2) is 41.3 Å². The first kappa shape index (κ1) is 15.1. The number of halogens is 3. The lowest BCUT2D eigenvalue weighted by Gasteiger charge is -2.08. The molecule has 3 aromatic rings. The van der Waals surface area contributed by atoms with Gasteiger partial charge in [-0.05, 0) is 18.1 Å². The van der Waals surface area contributed by atoms with E-state index in [-0.39, 0.29) is 5.95 Å². The normalized spacial score (nSPS) is 11.8. The minimum absolute atomic E-state index is 0.190. The summed E-state index contributed by atoms with van der Waals surface area (Å²) in [5.74, 6) is -0.190. The summed E-state index contributed by atoms with van der Waals surface area (Å²) in [6, 6.07) is 8.17. The van der Waals surface area contributed by atoms with Gasteiger partial charge in [0.1, 0.15) is 0 Å². The third-order valence-electron chi connectivity index (χ3n) is 3.39. The predicted molar refractivity (Wildman–Crippen MR) is 80.4 cm³/mol. The largest absolute Gasteiger partial charge is 0.433 e. The molecule has 5 nitrogen and oxygen atoms in total. The van der Waals surface area contributed by atoms with Gasteiger partial charge >= 0.3 is 6.18 Å². The summed E-state index contributed by atoms with van der Waals surface area (Å²) >= 11 is 0. The maximum absolute atomic E-state index is 12.6. The molecule has 0 amide bonds. The van der Waals surface area contributed by atoms with Crippen LogP contribution < -0.4 is 10.9 Å². The first-order chi connectivity index (χ1) is 10.9. The highest BCUT2D eigenvalue weighted by Gasteiger charge is 2.33. The van der Waals surface area contributed by atoms with Crippen LogP contribution in [-0.4, -0.2) is 21.5 Å². The molecule has 2 aromatic heterocycles. The van der Waals surface area contributed by atoms with E-state index < -0.39 is 17.4 Å². The zero-order valence-corrected chi connectivity index (χ0v) is 11.9. The van der Waals surface area contributed by atoms with E-state index in [1.807, 2.05) is 30.5 Å². The van der Waals surface area contributed by atoms with Gasteiger partial charge in [-0.1, -0.05) is 18.2 Å². The fourth-order valence-electron chi connectivity index (χ4n) is 2.34. The summed E-state index contributed by atoms with van der Waals surface area (Å²) < 4.78 is 37.9. The number of aromatic nitrogens is 3. The number of nitrogens with zero attached hydrogens (tertiary/aromatic N) is 1. The maximum Gasteiger partial charge on any atom is 0.433 e. The van der Waals surface area contributed by atoms with Crippen LogP contribution >= 0.6 is 0 Å². The van der Waals surface area contributed by atoms with Crippen LogP contribution in [0.3, 0.4) is 0 Å². The van der Waals surface area contributed by atoms with Gasteiger partial charge in [0.25, 0.3) is 5.56 Å². The minimum atomic E-state index is -4.65. The van der Waals surface area contributed by atoms with Crippen molar-refractivity contribution in [3.63, 3.8) is 0 Å². The van der Waals surface area contributed by atoms with Gasteiger partial charge in [0.2, 0.25) is 5.95 Å². The second kappa shape index (κ2) is 5.79. The molecule has 0 aliphatic heterocycles. The van der Waals surface area contributed by atoms with E-state index in [2.05, 4.69) is 20.3 Å². The molecule has 0 aliphatic rings. The van der Waals surface area contributed by atoms with E-state index in [4.69, 9.17) is 0 Å². The summed E-state index contributed by atoms with van der Waals surface area (Å²) in [5, 5.41) is 3.78. The lowest BCUT2D eigenvalue weighted by molar-refractivity contribution is -0.141. The lowest BCUT2D eigenvalue weighted by atomic mass is 10.1. The second-order valence-corrected chi connectivity index (χ2v) is 5.01. The summed E-state index contributed by atoms with van der Waals surface area (Å²) in [6.07, 6.45) is -2.22. The van der Waals surface area contributed by atoms with Gasteiger partial charge in [0.05, 0.1) is 0 Å². The van der Waals surface area contributed by atoms with E-state index in [0.29, 0.717) is 19.0 Å². The van der Waals surface area contributed by atoms with Crippen LogP contribution in [0.1, 0.15) is 11.3 Å². The number of rotatable bonds is 4. The molecule has 0 saturated carbocycles. The Labute approximate surface area is 128 Å². The Morgan fingerprint density at radius 3 is 2.78 bits per heavy atom. The molecule has 0 unspecified atom stereocenters. The molecular formula is C15H13F3N4O. The van der Waals surface area contributed by atoms with Gasteiger partial charge in [0.15, 0.2) is 5.69 Å². The molecule has 0 bridgehead atoms. The fourth-order valence-corrected chi connectivity index (χ4v) is 2.34. The SMILES string of the molecule is O=c1cc(C(F)(F)F)nc(NCCc2c[nH]c3ccccc23)[nH]1. The molecule has 0 fully saturated rings. The third kappa shape index (κ3) is 3.36. The number of nitrogens with one attached hydrogen (secondary N) is 3. The molecule has 0 radical (unpaired) electrons. The van der Waals surface area contributed by atoms with Crippen molar-refractivity contribution in [3.05, 3.63) is 58.1 Å². The van der Waals surface area contributed by atoms with Crippen molar-refractivity contribution < 1.29 is 13.2 Å². The number of anilines is 1. The quantitative estimate of drug-likeness (QED) is 0.691. The van der Waals surface area contributed by atoms with Crippen LogP contribution in [0, 0.1) is 0 Å². The smallest absolute Gasteiger partial charge is 0.361 e. The molecule has 3 N–H and O–H groups in total. The Bertz CT molecular complexity index is 882. The first-order valence-electron chi connectivity index (χ1n) is 6.91. The molecule has 120 valence electrons. The monoisotopic (exact) mass is 322 g/mol. The molecule has 0 spiro atoms. The number of fused-ring (bicyclic) bond motifs is 1. The third-order valence-corrected chi connectivity index (χ3v) is 3.39. The number of hydrogen-bond donors (Lipinski definition) is 3. The Hall–Kier alpha value is -2.77. The summed E-state index contributed by atoms with van der Waals surface area (Å²) in [6.45, 7) is 0.339. The number of aromatic amines is 2. The topological polar surface area (TPSA) is 73.6 Å². The van der Waals surface area contributed by atoms with Crippen LogP contribution in [0.4, 0.5) is 19.1 Å². The minimum Gasteiger partial charge on any atom is -0.361 e. The van der Waals surface area contributed by atoms with Gasteiger partial charge in [-0.25, -0.2) is 4.98 Å². The van der Waals surface area contributed by atoms with Crippen LogP contribution in [0.25, 0.3) is 10.9 Å². The zero-order chi connectivity index (χ0) is 16.4. The molecular weight excluding hydrogens is 309 g/mol. The van der Waals surface area contributed by atoms with E-state index in [0.717, 1.165) is 16.5 Å². The summed E-state index contributed by atoms with van der Waals surface area (Å²) in [5.41, 5.74) is -0.0340. The molecule has 0 aliphatic carbocycles. The zero-order valence-electron chi connectivity index (χ0n) is 11.9. The van der Waals surface area contributed by atoms with Crippen LogP contribution in [0.2, 0.25) is 0 Å². The Kier molecular flexibility index (Phi) is 3.81. The number of para-hydroxylation sites is 1. The van der Waals surface area contributed by atoms with Gasteiger partial charge < -0.3 is 10.3 Å². The molecule has 3 rings (SSSR count). The highest BCUT2D eigenvalue weighted by molar-refractivity contribution is 5.83. The number of H-pyrrole nitrogens is 2. The average Bonchev–Trinajstić information content (AvgIpc) is 2.89. The number of alkyl halides is 3. The van der Waals surface area contributed by atoms with Gasteiger partial charge in [-0.15, -0.1) is 0 Å². The molecule has 23 heavy (non-hydrogen) atoms. The number of hydrogen-bond acceptors (Lipinski definition) is 3. The van der Waals surface area contributed by atoms with E-state index in [1.165, 1.54) is 0 Å². The van der Waals surface area contributed by atoms with Crippen molar-refractivity contribution in [3.8, 4) is 0 Å². The Morgan fingerprint density at radius 1 is 1.22 bits per heavy atom. The highest BCUT2D eigenvalue weighted by Crippen LogP contribution is 2.26. The van der Waals surface area contributed by atoms with E-state index in [9.17, 15) is 18.0 Å². The van der Waals surface area contributed by atoms with E-state index >= 15 is 0 Å². The van der Waals surface area contributed by atoms with Crippen molar-refractivity contribution in [1.82, 2.24) is 15.0 Å². The highest BCUT2D eigenvalue weighted by atomic mass is 19.4. The number of benzene rings is 1. The second-order valence-electron chi connectivity index (χ2n) is 5.01.